The molecule has 1 N–H and O–H groups in total. The Morgan fingerprint density at radius 1 is 1.38 bits per heavy atom. The van der Waals surface area contributed by atoms with Crippen molar-refractivity contribution in [1.29, 1.82) is 0 Å². The van der Waals surface area contributed by atoms with Gasteiger partial charge in [0.05, 0.1) is 12.0 Å². The molecule has 76 valence electrons. The molecule has 13 heavy (non-hydrogen) atoms. The summed E-state index contributed by atoms with van der Waals surface area (Å²) in [4.78, 5) is 11.2. The van der Waals surface area contributed by atoms with E-state index in [4.69, 9.17) is 4.74 Å². The number of aliphatic hydroxyl groups excluding tert-OH is 1. The summed E-state index contributed by atoms with van der Waals surface area (Å²) < 4.78 is 5.18. The quantitative estimate of drug-likeness (QED) is 0.664. The molecule has 0 aromatic rings. The van der Waals surface area contributed by atoms with Gasteiger partial charge in [-0.2, -0.15) is 0 Å². The largest absolute Gasteiger partial charge is 0.459 e. The van der Waals surface area contributed by atoms with Crippen molar-refractivity contribution in [2.24, 2.45) is 5.92 Å². The molecular formula is C10H18O3. The summed E-state index contributed by atoms with van der Waals surface area (Å²) in [6, 6.07) is 0. The van der Waals surface area contributed by atoms with E-state index in [0.717, 1.165) is 25.7 Å². The van der Waals surface area contributed by atoms with Crippen molar-refractivity contribution in [3.63, 3.8) is 0 Å². The van der Waals surface area contributed by atoms with Crippen molar-refractivity contribution < 1.29 is 14.6 Å². The summed E-state index contributed by atoms with van der Waals surface area (Å²) in [5, 5.41) is 9.52. The summed E-state index contributed by atoms with van der Waals surface area (Å²) >= 11 is 0. The maximum atomic E-state index is 11.2. The normalized spacial score (nSPS) is 28.9. The molecule has 1 aliphatic rings. The molecule has 0 saturated heterocycles. The zero-order valence-corrected chi connectivity index (χ0v) is 8.32. The van der Waals surface area contributed by atoms with Gasteiger partial charge >= 0.3 is 5.97 Å². The number of hydrogen-bond donors (Lipinski definition) is 1. The van der Waals surface area contributed by atoms with Crippen LogP contribution in [-0.4, -0.2) is 23.3 Å². The van der Waals surface area contributed by atoms with Gasteiger partial charge in [0.15, 0.2) is 0 Å². The summed E-state index contributed by atoms with van der Waals surface area (Å²) in [7, 11) is 0. The van der Waals surface area contributed by atoms with Gasteiger partial charge in [-0.15, -0.1) is 0 Å². The highest BCUT2D eigenvalue weighted by Crippen LogP contribution is 2.21. The fourth-order valence-corrected chi connectivity index (χ4v) is 1.50. The zero-order valence-electron chi connectivity index (χ0n) is 8.32. The number of esters is 1. The summed E-state index contributed by atoms with van der Waals surface area (Å²) in [5.74, 6) is -0.305. The average molecular weight is 186 g/mol. The van der Waals surface area contributed by atoms with Crippen LogP contribution in [-0.2, 0) is 9.53 Å². The van der Waals surface area contributed by atoms with Crippen LogP contribution in [0.1, 0.15) is 39.5 Å². The van der Waals surface area contributed by atoms with E-state index in [0.29, 0.717) is 0 Å². The second-order valence-electron chi connectivity index (χ2n) is 3.98. The molecule has 0 aromatic carbocycles. The Balaban J connectivity index is 2.38. The zero-order chi connectivity index (χ0) is 9.84. The molecule has 0 amide bonds. The van der Waals surface area contributed by atoms with E-state index >= 15 is 0 Å². The van der Waals surface area contributed by atoms with Crippen molar-refractivity contribution in [3.05, 3.63) is 0 Å². The number of aliphatic hydroxyl groups is 1. The smallest absolute Gasteiger partial charge is 0.308 e. The second kappa shape index (κ2) is 4.61. The standard InChI is InChI=1S/C10H18O3/c1-7(2)10(12)13-9-6-4-3-5-8(9)11/h7-9,11H,3-6H2,1-2H3/t8-,9-/m0/s1. The first-order valence-electron chi connectivity index (χ1n) is 5.00. The third kappa shape index (κ3) is 2.99. The first kappa shape index (κ1) is 10.5. The van der Waals surface area contributed by atoms with Gasteiger partial charge in [-0.3, -0.25) is 4.79 Å². The summed E-state index contributed by atoms with van der Waals surface area (Å²) in [5.41, 5.74) is 0. The Morgan fingerprint density at radius 3 is 2.54 bits per heavy atom. The maximum Gasteiger partial charge on any atom is 0.308 e. The molecule has 1 aliphatic carbocycles. The number of ether oxygens (including phenoxy) is 1. The van der Waals surface area contributed by atoms with Crippen LogP contribution in [0, 0.1) is 5.92 Å². The highest BCUT2D eigenvalue weighted by molar-refractivity contribution is 5.71. The van der Waals surface area contributed by atoms with Crippen LogP contribution in [0.5, 0.6) is 0 Å². The van der Waals surface area contributed by atoms with Crippen LogP contribution in [0.4, 0.5) is 0 Å². The Morgan fingerprint density at radius 2 is 2.00 bits per heavy atom. The van der Waals surface area contributed by atoms with Gasteiger partial charge in [-0.25, -0.2) is 0 Å². The van der Waals surface area contributed by atoms with E-state index in [2.05, 4.69) is 0 Å². The molecule has 3 heteroatoms. The molecule has 0 radical (unpaired) electrons. The van der Waals surface area contributed by atoms with Crippen molar-refractivity contribution in [2.45, 2.75) is 51.7 Å². The van der Waals surface area contributed by atoms with E-state index in [-0.39, 0.29) is 18.0 Å². The number of rotatable bonds is 2. The molecular weight excluding hydrogens is 168 g/mol. The molecule has 0 heterocycles. The molecule has 1 saturated carbocycles. The van der Waals surface area contributed by atoms with Gasteiger partial charge in [0, 0.05) is 0 Å². The molecule has 0 aromatic heterocycles. The van der Waals surface area contributed by atoms with E-state index in [9.17, 15) is 9.90 Å². The first-order chi connectivity index (χ1) is 6.11. The van der Waals surface area contributed by atoms with Crippen LogP contribution in [0.25, 0.3) is 0 Å². The van der Waals surface area contributed by atoms with Gasteiger partial charge in [0.1, 0.15) is 6.10 Å². The predicted molar refractivity (Wildman–Crippen MR) is 49.2 cm³/mol. The van der Waals surface area contributed by atoms with Crippen molar-refractivity contribution in [3.8, 4) is 0 Å². The fourth-order valence-electron chi connectivity index (χ4n) is 1.50. The minimum Gasteiger partial charge on any atom is -0.459 e. The molecule has 1 fully saturated rings. The average Bonchev–Trinajstić information content (AvgIpc) is 2.08. The molecule has 0 bridgehead atoms. The lowest BCUT2D eigenvalue weighted by Gasteiger charge is -2.27. The van der Waals surface area contributed by atoms with Crippen LogP contribution in [0.15, 0.2) is 0 Å². The maximum absolute atomic E-state index is 11.2. The van der Waals surface area contributed by atoms with Gasteiger partial charge < -0.3 is 9.84 Å². The van der Waals surface area contributed by atoms with Crippen LogP contribution >= 0.6 is 0 Å². The minimum atomic E-state index is -0.448. The van der Waals surface area contributed by atoms with E-state index in [1.165, 1.54) is 0 Å². The fraction of sp³-hybridized carbons (Fsp3) is 0.900. The van der Waals surface area contributed by atoms with Gasteiger partial charge in [-0.1, -0.05) is 20.3 Å². The van der Waals surface area contributed by atoms with Crippen LogP contribution < -0.4 is 0 Å². The van der Waals surface area contributed by atoms with Crippen LogP contribution in [0.3, 0.4) is 0 Å². The third-order valence-electron chi connectivity index (χ3n) is 2.41. The van der Waals surface area contributed by atoms with Crippen molar-refractivity contribution in [1.82, 2.24) is 0 Å². The Kier molecular flexibility index (Phi) is 3.72. The van der Waals surface area contributed by atoms with E-state index < -0.39 is 6.10 Å². The molecule has 0 unspecified atom stereocenters. The van der Waals surface area contributed by atoms with Crippen LogP contribution in [0.2, 0.25) is 0 Å². The summed E-state index contributed by atoms with van der Waals surface area (Å²) in [6.45, 7) is 3.61. The lowest BCUT2D eigenvalue weighted by atomic mass is 9.95. The third-order valence-corrected chi connectivity index (χ3v) is 2.41. The number of hydrogen-bond acceptors (Lipinski definition) is 3. The Bertz CT molecular complexity index is 177. The second-order valence-corrected chi connectivity index (χ2v) is 3.98. The highest BCUT2D eigenvalue weighted by Gasteiger charge is 2.26. The molecule has 0 spiro atoms. The molecule has 0 aliphatic heterocycles. The van der Waals surface area contributed by atoms with Gasteiger partial charge in [-0.05, 0) is 19.3 Å². The minimum absolute atomic E-state index is 0.103. The first-order valence-corrected chi connectivity index (χ1v) is 5.00. The van der Waals surface area contributed by atoms with Crippen molar-refractivity contribution in [2.75, 3.05) is 0 Å². The molecule has 2 atom stereocenters. The van der Waals surface area contributed by atoms with E-state index in [1.807, 2.05) is 0 Å². The number of carbonyl (C=O) groups is 1. The SMILES string of the molecule is CC(C)C(=O)O[C@H]1CCCC[C@@H]1O. The highest BCUT2D eigenvalue weighted by atomic mass is 16.6. The molecule has 1 rings (SSSR count). The Hall–Kier alpha value is -0.570. The topological polar surface area (TPSA) is 46.5 Å². The lowest BCUT2D eigenvalue weighted by Crippen LogP contribution is -2.35. The predicted octanol–water partition coefficient (Wildman–Crippen LogP) is 1.49. The molecule has 3 nitrogen and oxygen atoms in total. The summed E-state index contributed by atoms with van der Waals surface area (Å²) in [6.07, 6.45) is 2.94. The van der Waals surface area contributed by atoms with Gasteiger partial charge in [0.2, 0.25) is 0 Å². The number of carbonyl (C=O) groups excluding carboxylic acids is 1. The van der Waals surface area contributed by atoms with E-state index in [1.54, 1.807) is 13.8 Å². The Labute approximate surface area is 79.1 Å². The lowest BCUT2D eigenvalue weighted by molar-refractivity contribution is -0.161. The van der Waals surface area contributed by atoms with Gasteiger partial charge in [0.25, 0.3) is 0 Å². The van der Waals surface area contributed by atoms with Crippen molar-refractivity contribution >= 4 is 5.97 Å². The monoisotopic (exact) mass is 186 g/mol.